The number of aryl methyl sites for hydroxylation is 1. The van der Waals surface area contributed by atoms with Crippen molar-refractivity contribution in [3.8, 4) is 0 Å². The van der Waals surface area contributed by atoms with Crippen LogP contribution in [0.15, 0.2) is 6.20 Å². The number of aromatic nitrogens is 2. The van der Waals surface area contributed by atoms with Crippen LogP contribution >= 0.6 is 0 Å². The zero-order valence-electron chi connectivity index (χ0n) is 11.6. The number of aliphatic carboxylic acids is 1. The first kappa shape index (κ1) is 13.1. The van der Waals surface area contributed by atoms with Gasteiger partial charge in [-0.15, -0.1) is 0 Å². The summed E-state index contributed by atoms with van der Waals surface area (Å²) in [6.07, 6.45) is 4.51. The molecule has 0 radical (unpaired) electrons. The fraction of sp³-hybridized carbons (Fsp3) is 0.714. The lowest BCUT2D eigenvalue weighted by molar-refractivity contribution is -0.144. The van der Waals surface area contributed by atoms with Gasteiger partial charge in [0.2, 0.25) is 0 Å². The largest absolute Gasteiger partial charge is 0.481 e. The van der Waals surface area contributed by atoms with Gasteiger partial charge in [-0.25, -0.2) is 4.98 Å². The number of carboxylic acid groups (broad SMARTS) is 1. The van der Waals surface area contributed by atoms with Crippen LogP contribution in [0.25, 0.3) is 0 Å². The second-order valence-corrected chi connectivity index (χ2v) is 6.25. The molecule has 0 aromatic carbocycles. The minimum Gasteiger partial charge on any atom is -0.481 e. The molecule has 100 valence electrons. The van der Waals surface area contributed by atoms with Crippen molar-refractivity contribution in [1.29, 1.82) is 0 Å². The van der Waals surface area contributed by atoms with Gasteiger partial charge in [0.15, 0.2) is 0 Å². The summed E-state index contributed by atoms with van der Waals surface area (Å²) in [6, 6.07) is 0. The van der Waals surface area contributed by atoms with Crippen LogP contribution in [0, 0.1) is 18.3 Å². The van der Waals surface area contributed by atoms with E-state index in [4.69, 9.17) is 0 Å². The van der Waals surface area contributed by atoms with E-state index in [0.29, 0.717) is 0 Å². The van der Waals surface area contributed by atoms with Crippen molar-refractivity contribution in [1.82, 2.24) is 9.55 Å². The Morgan fingerprint density at radius 3 is 2.72 bits per heavy atom. The minimum atomic E-state index is -0.672. The molecular weight excluding hydrogens is 228 g/mol. The Balaban J connectivity index is 2.36. The fourth-order valence-corrected chi connectivity index (χ4v) is 3.06. The molecule has 1 saturated carbocycles. The summed E-state index contributed by atoms with van der Waals surface area (Å²) in [5, 5.41) is 9.41. The van der Waals surface area contributed by atoms with Crippen LogP contribution in [-0.4, -0.2) is 20.6 Å². The second kappa shape index (κ2) is 4.41. The van der Waals surface area contributed by atoms with E-state index >= 15 is 0 Å². The van der Waals surface area contributed by atoms with E-state index in [1.807, 2.05) is 24.7 Å². The number of hydrogen-bond acceptors (Lipinski definition) is 2. The molecule has 0 saturated heterocycles. The summed E-state index contributed by atoms with van der Waals surface area (Å²) in [4.78, 5) is 15.7. The van der Waals surface area contributed by atoms with E-state index in [0.717, 1.165) is 30.8 Å². The summed E-state index contributed by atoms with van der Waals surface area (Å²) in [7, 11) is 1.97. The zero-order valence-corrected chi connectivity index (χ0v) is 11.6. The van der Waals surface area contributed by atoms with Crippen molar-refractivity contribution in [2.45, 2.75) is 46.0 Å². The van der Waals surface area contributed by atoms with E-state index in [2.05, 4.69) is 18.8 Å². The molecule has 1 aromatic heterocycles. The van der Waals surface area contributed by atoms with Crippen LogP contribution in [0.5, 0.6) is 0 Å². The summed E-state index contributed by atoms with van der Waals surface area (Å²) in [5.41, 5.74) is 1.28. The molecule has 2 atom stereocenters. The first-order valence-electron chi connectivity index (χ1n) is 6.53. The van der Waals surface area contributed by atoms with E-state index < -0.39 is 5.97 Å². The van der Waals surface area contributed by atoms with Gasteiger partial charge in [-0.2, -0.15) is 0 Å². The topological polar surface area (TPSA) is 55.1 Å². The fourth-order valence-electron chi connectivity index (χ4n) is 3.06. The predicted octanol–water partition coefficient (Wildman–Crippen LogP) is 2.72. The molecule has 0 spiro atoms. The van der Waals surface area contributed by atoms with E-state index in [1.54, 1.807) is 0 Å². The predicted molar refractivity (Wildman–Crippen MR) is 69.4 cm³/mol. The second-order valence-electron chi connectivity index (χ2n) is 6.25. The lowest BCUT2D eigenvalue weighted by Crippen LogP contribution is -2.33. The Hall–Kier alpha value is -1.32. The normalized spacial score (nSPS) is 27.1. The monoisotopic (exact) mass is 250 g/mol. The van der Waals surface area contributed by atoms with Gasteiger partial charge in [-0.1, -0.05) is 13.8 Å². The number of hydrogen-bond donors (Lipinski definition) is 1. The van der Waals surface area contributed by atoms with Crippen LogP contribution in [0.1, 0.15) is 50.5 Å². The average molecular weight is 250 g/mol. The summed E-state index contributed by atoms with van der Waals surface area (Å²) in [5.74, 6) is 0.0807. The van der Waals surface area contributed by atoms with Crippen molar-refractivity contribution in [3.05, 3.63) is 17.7 Å². The first-order valence-corrected chi connectivity index (χ1v) is 6.53. The van der Waals surface area contributed by atoms with Crippen LogP contribution in [-0.2, 0) is 11.8 Å². The Morgan fingerprint density at radius 2 is 2.22 bits per heavy atom. The highest BCUT2D eigenvalue weighted by Gasteiger charge is 2.40. The van der Waals surface area contributed by atoms with Crippen LogP contribution < -0.4 is 0 Å². The lowest BCUT2D eigenvalue weighted by atomic mass is 9.66. The molecule has 1 heterocycles. The molecule has 0 amide bonds. The summed E-state index contributed by atoms with van der Waals surface area (Å²) >= 11 is 0. The highest BCUT2D eigenvalue weighted by molar-refractivity contribution is 5.71. The molecule has 1 N–H and O–H groups in total. The number of carboxylic acids is 1. The lowest BCUT2D eigenvalue weighted by Gasteiger charge is -2.39. The molecule has 2 rings (SSSR count). The van der Waals surface area contributed by atoms with Crippen LogP contribution in [0.4, 0.5) is 0 Å². The van der Waals surface area contributed by atoms with Gasteiger partial charge in [-0.3, -0.25) is 4.79 Å². The highest BCUT2D eigenvalue weighted by atomic mass is 16.4. The van der Waals surface area contributed by atoms with E-state index in [9.17, 15) is 9.90 Å². The first-order chi connectivity index (χ1) is 8.32. The van der Waals surface area contributed by atoms with Gasteiger partial charge in [0.1, 0.15) is 5.82 Å². The van der Waals surface area contributed by atoms with Crippen molar-refractivity contribution in [2.24, 2.45) is 18.4 Å². The molecule has 4 nitrogen and oxygen atoms in total. The Bertz CT molecular complexity index is 462. The van der Waals surface area contributed by atoms with Crippen LogP contribution in [0.3, 0.4) is 0 Å². The Morgan fingerprint density at radius 1 is 1.56 bits per heavy atom. The Kier molecular flexibility index (Phi) is 3.21. The summed E-state index contributed by atoms with van der Waals surface area (Å²) < 4.78 is 2.03. The quantitative estimate of drug-likeness (QED) is 0.878. The third kappa shape index (κ3) is 2.28. The van der Waals surface area contributed by atoms with E-state index in [1.165, 1.54) is 0 Å². The molecule has 0 aliphatic heterocycles. The molecular formula is C14H22N2O2. The van der Waals surface area contributed by atoms with Gasteiger partial charge in [-0.05, 0) is 31.6 Å². The molecule has 2 unspecified atom stereocenters. The van der Waals surface area contributed by atoms with Crippen LogP contribution in [0.2, 0.25) is 0 Å². The number of imidazole rings is 1. The van der Waals surface area contributed by atoms with E-state index in [-0.39, 0.29) is 17.3 Å². The van der Waals surface area contributed by atoms with Crippen molar-refractivity contribution < 1.29 is 9.90 Å². The minimum absolute atomic E-state index is 0.0810. The third-order valence-corrected chi connectivity index (χ3v) is 4.34. The highest BCUT2D eigenvalue weighted by Crippen LogP contribution is 2.46. The van der Waals surface area contributed by atoms with Gasteiger partial charge in [0.05, 0.1) is 5.92 Å². The van der Waals surface area contributed by atoms with Gasteiger partial charge >= 0.3 is 5.97 Å². The summed E-state index contributed by atoms with van der Waals surface area (Å²) in [6.45, 7) is 6.40. The number of carbonyl (C=O) groups is 1. The SMILES string of the molecule is Cc1ncc(C2CC(C)(C)CCC2C(=O)O)n1C. The maximum atomic E-state index is 11.4. The average Bonchev–Trinajstić information content (AvgIpc) is 2.58. The van der Waals surface area contributed by atoms with Gasteiger partial charge in [0.25, 0.3) is 0 Å². The maximum Gasteiger partial charge on any atom is 0.307 e. The molecule has 1 fully saturated rings. The standard InChI is InChI=1S/C14H22N2O2/c1-9-15-8-12(16(9)4)11-7-14(2,3)6-5-10(11)13(17)18/h8,10-11H,5-7H2,1-4H3,(H,17,18). The number of rotatable bonds is 2. The van der Waals surface area contributed by atoms with Crippen molar-refractivity contribution in [2.75, 3.05) is 0 Å². The smallest absolute Gasteiger partial charge is 0.307 e. The molecule has 0 bridgehead atoms. The van der Waals surface area contributed by atoms with Gasteiger partial charge < -0.3 is 9.67 Å². The van der Waals surface area contributed by atoms with Crippen molar-refractivity contribution in [3.63, 3.8) is 0 Å². The molecule has 4 heteroatoms. The van der Waals surface area contributed by atoms with Gasteiger partial charge in [0, 0.05) is 24.9 Å². The van der Waals surface area contributed by atoms with Crippen molar-refractivity contribution >= 4 is 5.97 Å². The Labute approximate surface area is 108 Å². The maximum absolute atomic E-state index is 11.4. The molecule has 1 aromatic rings. The molecule has 1 aliphatic rings. The number of nitrogens with zero attached hydrogens (tertiary/aromatic N) is 2. The molecule has 1 aliphatic carbocycles. The zero-order chi connectivity index (χ0) is 13.5. The molecule has 18 heavy (non-hydrogen) atoms. The third-order valence-electron chi connectivity index (χ3n) is 4.34.